The number of hydrogen-bond acceptors (Lipinski definition) is 3. The van der Waals surface area contributed by atoms with Gasteiger partial charge >= 0.3 is 6.18 Å². The Labute approximate surface area is 114 Å². The molecule has 1 aliphatic heterocycles. The Balaban J connectivity index is 2.19. The van der Waals surface area contributed by atoms with Crippen molar-refractivity contribution in [3.63, 3.8) is 0 Å². The van der Waals surface area contributed by atoms with Crippen LogP contribution in [0.2, 0.25) is 0 Å². The molecule has 0 spiro atoms. The number of hydrogen-bond donors (Lipinski definition) is 1. The van der Waals surface area contributed by atoms with E-state index in [0.717, 1.165) is 25.0 Å². The van der Waals surface area contributed by atoms with Crippen LogP contribution in [0.3, 0.4) is 0 Å². The smallest absolute Gasteiger partial charge is 0.416 e. The van der Waals surface area contributed by atoms with Gasteiger partial charge in [0.1, 0.15) is 11.2 Å². The van der Waals surface area contributed by atoms with Gasteiger partial charge in [-0.15, -0.1) is 0 Å². The van der Waals surface area contributed by atoms with Crippen molar-refractivity contribution < 1.29 is 17.9 Å². The topological polar surface area (TPSA) is 59.0 Å². The highest BCUT2D eigenvalue weighted by Gasteiger charge is 2.60. The van der Waals surface area contributed by atoms with Crippen LogP contribution in [0.5, 0.6) is 5.75 Å². The second kappa shape index (κ2) is 3.89. The summed E-state index contributed by atoms with van der Waals surface area (Å²) in [6.45, 7) is 0. The molecule has 3 rings (SSSR count). The molecule has 3 nitrogen and oxygen atoms in total. The first kappa shape index (κ1) is 13.3. The number of nitrogens with zero attached hydrogens (tertiary/aromatic N) is 1. The van der Waals surface area contributed by atoms with E-state index in [4.69, 9.17) is 10.5 Å². The molecule has 1 aliphatic carbocycles. The number of ether oxygens (including phenoxy) is 1. The fourth-order valence-electron chi connectivity index (χ4n) is 3.24. The van der Waals surface area contributed by atoms with E-state index in [0.29, 0.717) is 18.6 Å². The quantitative estimate of drug-likeness (QED) is 0.795. The zero-order chi connectivity index (χ0) is 14.6. The van der Waals surface area contributed by atoms with E-state index in [1.165, 1.54) is 6.07 Å². The summed E-state index contributed by atoms with van der Waals surface area (Å²) in [6, 6.07) is 5.38. The van der Waals surface area contributed by atoms with Crippen LogP contribution < -0.4 is 10.5 Å². The SMILES string of the molecule is N#C[C@]12CCCC[C@@]1(N)Oc1ccc(C(F)(F)F)cc12. The van der Waals surface area contributed by atoms with E-state index >= 15 is 0 Å². The zero-order valence-electron chi connectivity index (χ0n) is 10.6. The first-order valence-corrected chi connectivity index (χ1v) is 6.43. The van der Waals surface area contributed by atoms with Gasteiger partial charge in [-0.2, -0.15) is 18.4 Å². The van der Waals surface area contributed by atoms with Crippen LogP contribution >= 0.6 is 0 Å². The number of nitrogens with two attached hydrogens (primary N) is 1. The molecular formula is C14H13F3N2O. The molecule has 2 atom stereocenters. The Bertz CT molecular complexity index is 607. The minimum atomic E-state index is -4.44. The summed E-state index contributed by atoms with van der Waals surface area (Å²) < 4.78 is 44.2. The van der Waals surface area contributed by atoms with Crippen molar-refractivity contribution in [3.05, 3.63) is 29.3 Å². The predicted molar refractivity (Wildman–Crippen MR) is 64.7 cm³/mol. The minimum Gasteiger partial charge on any atom is -0.471 e. The third-order valence-corrected chi connectivity index (χ3v) is 4.32. The number of alkyl halides is 3. The fraction of sp³-hybridized carbons (Fsp3) is 0.500. The average Bonchev–Trinajstić information content (AvgIpc) is 2.65. The molecule has 0 bridgehead atoms. The van der Waals surface area contributed by atoms with Crippen molar-refractivity contribution in [2.45, 2.75) is 43.0 Å². The van der Waals surface area contributed by atoms with Crippen LogP contribution in [-0.4, -0.2) is 5.72 Å². The van der Waals surface area contributed by atoms with Crippen LogP contribution in [0.4, 0.5) is 13.2 Å². The monoisotopic (exact) mass is 282 g/mol. The van der Waals surface area contributed by atoms with E-state index in [1.807, 2.05) is 0 Å². The van der Waals surface area contributed by atoms with Crippen LogP contribution in [0.25, 0.3) is 0 Å². The molecule has 6 heteroatoms. The maximum atomic E-state index is 12.8. The Morgan fingerprint density at radius 2 is 1.95 bits per heavy atom. The molecule has 1 aromatic carbocycles. The van der Waals surface area contributed by atoms with Crippen LogP contribution in [0.15, 0.2) is 18.2 Å². The second-order valence-electron chi connectivity index (χ2n) is 5.42. The largest absolute Gasteiger partial charge is 0.471 e. The van der Waals surface area contributed by atoms with Gasteiger partial charge in [-0.05, 0) is 31.0 Å². The van der Waals surface area contributed by atoms with Crippen LogP contribution in [0.1, 0.15) is 36.8 Å². The average molecular weight is 282 g/mol. The Hall–Kier alpha value is -1.74. The van der Waals surface area contributed by atoms with Crippen LogP contribution in [-0.2, 0) is 11.6 Å². The molecule has 106 valence electrons. The summed E-state index contributed by atoms with van der Waals surface area (Å²) in [5.41, 5.74) is 3.30. The molecule has 2 aliphatic rings. The van der Waals surface area contributed by atoms with Crippen molar-refractivity contribution in [2.75, 3.05) is 0 Å². The molecular weight excluding hydrogens is 269 g/mol. The lowest BCUT2D eigenvalue weighted by atomic mass is 9.66. The summed E-state index contributed by atoms with van der Waals surface area (Å²) in [7, 11) is 0. The fourth-order valence-corrected chi connectivity index (χ4v) is 3.24. The Morgan fingerprint density at radius 3 is 2.60 bits per heavy atom. The lowest BCUT2D eigenvalue weighted by Crippen LogP contribution is -2.59. The number of nitriles is 1. The lowest BCUT2D eigenvalue weighted by molar-refractivity contribution is -0.137. The van der Waals surface area contributed by atoms with Crippen LogP contribution in [0, 0.1) is 11.3 Å². The molecule has 0 unspecified atom stereocenters. The molecule has 2 N–H and O–H groups in total. The number of halogens is 3. The summed E-state index contributed by atoms with van der Waals surface area (Å²) in [6.07, 6.45) is -1.99. The van der Waals surface area contributed by atoms with E-state index in [9.17, 15) is 18.4 Å². The van der Waals surface area contributed by atoms with Gasteiger partial charge in [-0.3, -0.25) is 5.73 Å². The lowest BCUT2D eigenvalue weighted by Gasteiger charge is -2.40. The molecule has 1 heterocycles. The highest BCUT2D eigenvalue weighted by molar-refractivity contribution is 5.54. The van der Waals surface area contributed by atoms with Crippen molar-refractivity contribution in [1.82, 2.24) is 0 Å². The maximum absolute atomic E-state index is 12.8. The Morgan fingerprint density at radius 1 is 1.25 bits per heavy atom. The molecule has 0 amide bonds. The molecule has 0 saturated heterocycles. The first-order chi connectivity index (χ1) is 9.32. The summed E-state index contributed by atoms with van der Waals surface area (Å²) >= 11 is 0. The van der Waals surface area contributed by atoms with Gasteiger partial charge in [0.15, 0.2) is 5.72 Å². The normalized spacial score (nSPS) is 31.9. The highest BCUT2D eigenvalue weighted by atomic mass is 19.4. The molecule has 20 heavy (non-hydrogen) atoms. The number of rotatable bonds is 0. The van der Waals surface area contributed by atoms with Crippen molar-refractivity contribution in [2.24, 2.45) is 5.73 Å². The standard InChI is InChI=1S/C14H13F3N2O/c15-14(16,17)9-3-4-11-10(7-9)12(8-18)5-1-2-6-13(12,19)20-11/h3-4,7H,1-2,5-6,19H2/t12-,13+/m0/s1. The summed E-state index contributed by atoms with van der Waals surface area (Å²) in [5, 5.41) is 9.57. The number of fused-ring (bicyclic) bond motifs is 3. The molecule has 0 aromatic heterocycles. The second-order valence-corrected chi connectivity index (χ2v) is 5.42. The molecule has 1 saturated carbocycles. The molecule has 1 fully saturated rings. The molecule has 1 aromatic rings. The maximum Gasteiger partial charge on any atom is 0.416 e. The highest BCUT2D eigenvalue weighted by Crippen LogP contribution is 2.54. The van der Waals surface area contributed by atoms with Crippen molar-refractivity contribution in [1.29, 1.82) is 5.26 Å². The van der Waals surface area contributed by atoms with Crippen molar-refractivity contribution >= 4 is 0 Å². The van der Waals surface area contributed by atoms with Gasteiger partial charge < -0.3 is 4.74 Å². The Kier molecular flexibility index (Phi) is 2.58. The zero-order valence-corrected chi connectivity index (χ0v) is 10.6. The van der Waals surface area contributed by atoms with E-state index < -0.39 is 22.9 Å². The van der Waals surface area contributed by atoms with Gasteiger partial charge in [-0.1, -0.05) is 6.42 Å². The van der Waals surface area contributed by atoms with Crippen molar-refractivity contribution in [3.8, 4) is 11.8 Å². The minimum absolute atomic E-state index is 0.275. The van der Waals surface area contributed by atoms with Gasteiger partial charge in [0.25, 0.3) is 0 Å². The van der Waals surface area contributed by atoms with Gasteiger partial charge in [0.2, 0.25) is 0 Å². The van der Waals surface area contributed by atoms with Gasteiger partial charge in [0, 0.05) is 12.0 Å². The van der Waals surface area contributed by atoms with E-state index in [2.05, 4.69) is 6.07 Å². The summed E-state index contributed by atoms with van der Waals surface area (Å²) in [5.74, 6) is 0.295. The van der Waals surface area contributed by atoms with E-state index in [1.54, 1.807) is 0 Å². The van der Waals surface area contributed by atoms with E-state index in [-0.39, 0.29) is 5.56 Å². The first-order valence-electron chi connectivity index (χ1n) is 6.43. The number of benzene rings is 1. The summed E-state index contributed by atoms with van der Waals surface area (Å²) in [4.78, 5) is 0. The third-order valence-electron chi connectivity index (χ3n) is 4.32. The van der Waals surface area contributed by atoms with Gasteiger partial charge in [0.05, 0.1) is 11.6 Å². The predicted octanol–water partition coefficient (Wildman–Crippen LogP) is 3.09. The van der Waals surface area contributed by atoms with Gasteiger partial charge in [-0.25, -0.2) is 0 Å². The third kappa shape index (κ3) is 1.56. The molecule has 0 radical (unpaired) electrons.